The molecule has 0 bridgehead atoms. The molecular formula is C60H39NS2. The maximum atomic E-state index is 2.37. The van der Waals surface area contributed by atoms with E-state index >= 15 is 0 Å². The summed E-state index contributed by atoms with van der Waals surface area (Å²) in [5, 5.41) is 5.28. The van der Waals surface area contributed by atoms with E-state index in [0.717, 1.165) is 17.1 Å². The Morgan fingerprint density at radius 2 is 0.556 bits per heavy atom. The zero-order valence-electron chi connectivity index (χ0n) is 34.3. The Kier molecular flexibility index (Phi) is 9.29. The van der Waals surface area contributed by atoms with E-state index in [2.05, 4.69) is 241 Å². The largest absolute Gasteiger partial charge is 0.311 e. The zero-order valence-corrected chi connectivity index (χ0v) is 35.9. The molecule has 10 aromatic carbocycles. The Balaban J connectivity index is 0.926. The lowest BCUT2D eigenvalue weighted by molar-refractivity contribution is 1.28. The molecule has 0 unspecified atom stereocenters. The predicted molar refractivity (Wildman–Crippen MR) is 274 cm³/mol. The molecule has 0 fully saturated rings. The molecule has 2 heterocycles. The van der Waals surface area contributed by atoms with Gasteiger partial charge in [0.1, 0.15) is 0 Å². The highest BCUT2D eigenvalue weighted by Crippen LogP contribution is 2.42. The molecule has 12 rings (SSSR count). The number of hydrogen-bond acceptors (Lipinski definition) is 3. The van der Waals surface area contributed by atoms with Crippen molar-refractivity contribution in [2.45, 2.75) is 0 Å². The summed E-state index contributed by atoms with van der Waals surface area (Å²) in [5.41, 5.74) is 15.3. The monoisotopic (exact) mass is 837 g/mol. The highest BCUT2D eigenvalue weighted by molar-refractivity contribution is 7.26. The van der Waals surface area contributed by atoms with E-state index in [4.69, 9.17) is 0 Å². The lowest BCUT2D eigenvalue weighted by Crippen LogP contribution is -2.09. The lowest BCUT2D eigenvalue weighted by Gasteiger charge is -2.26. The molecule has 1 nitrogen and oxygen atoms in total. The number of thiophene rings is 2. The van der Waals surface area contributed by atoms with Gasteiger partial charge in [-0.15, -0.1) is 22.7 Å². The van der Waals surface area contributed by atoms with Crippen LogP contribution >= 0.6 is 22.7 Å². The number of fused-ring (bicyclic) bond motifs is 6. The van der Waals surface area contributed by atoms with Crippen LogP contribution < -0.4 is 4.90 Å². The topological polar surface area (TPSA) is 3.24 Å². The SMILES string of the molecule is c1ccc(-c2cc(-c3ccccc3)cc(-c3ccc(N(c4ccc(-c5ccc6c(c5)sc5ccccc56)cc4)c4ccc(-c5ccc6sc7ccccc7c6c5)cc4)cc3)c2)cc1. The first-order valence-electron chi connectivity index (χ1n) is 21.4. The van der Waals surface area contributed by atoms with E-state index in [9.17, 15) is 0 Å². The average molecular weight is 838 g/mol. The van der Waals surface area contributed by atoms with Crippen LogP contribution in [0.15, 0.2) is 237 Å². The van der Waals surface area contributed by atoms with E-state index in [-0.39, 0.29) is 0 Å². The highest BCUT2D eigenvalue weighted by Gasteiger charge is 2.16. The summed E-state index contributed by atoms with van der Waals surface area (Å²) in [4.78, 5) is 2.37. The van der Waals surface area contributed by atoms with Gasteiger partial charge >= 0.3 is 0 Å². The summed E-state index contributed by atoms with van der Waals surface area (Å²) < 4.78 is 5.29. The van der Waals surface area contributed by atoms with Crippen LogP contribution in [0.2, 0.25) is 0 Å². The van der Waals surface area contributed by atoms with Crippen LogP contribution in [0.1, 0.15) is 0 Å². The van der Waals surface area contributed by atoms with Crippen molar-refractivity contribution in [1.82, 2.24) is 0 Å². The van der Waals surface area contributed by atoms with E-state index in [1.54, 1.807) is 0 Å². The van der Waals surface area contributed by atoms with Gasteiger partial charge in [0.25, 0.3) is 0 Å². The summed E-state index contributed by atoms with van der Waals surface area (Å²) in [6.45, 7) is 0. The second-order valence-electron chi connectivity index (χ2n) is 16.1. The van der Waals surface area contributed by atoms with Crippen molar-refractivity contribution in [2.24, 2.45) is 0 Å². The first-order valence-corrected chi connectivity index (χ1v) is 23.0. The van der Waals surface area contributed by atoms with Crippen molar-refractivity contribution in [3.8, 4) is 55.6 Å². The Hall–Kier alpha value is -7.56. The van der Waals surface area contributed by atoms with Crippen LogP contribution in [0.3, 0.4) is 0 Å². The minimum absolute atomic E-state index is 1.10. The predicted octanol–water partition coefficient (Wildman–Crippen LogP) is 18.2. The van der Waals surface area contributed by atoms with Gasteiger partial charge < -0.3 is 4.90 Å². The summed E-state index contributed by atoms with van der Waals surface area (Å²) in [7, 11) is 0. The number of hydrogen-bond donors (Lipinski definition) is 0. The summed E-state index contributed by atoms with van der Waals surface area (Å²) in [6.07, 6.45) is 0. The Bertz CT molecular complexity index is 3530. The first-order chi connectivity index (χ1) is 31.2. The minimum Gasteiger partial charge on any atom is -0.311 e. The minimum atomic E-state index is 1.10. The standard InChI is InChI=1S/C60H39NS2/c1-3-11-40(12-4-1)47-35-48(41-13-5-2-6-14-41)37-49(36-47)44-23-31-52(32-24-44)61(50-27-19-42(20-28-50)45-26-34-59-56(38-45)54-16-8-10-18-58(54)62-59)51-29-21-43(22-30-51)46-25-33-55-53-15-7-9-17-57(53)63-60(55)39-46/h1-39H. The first kappa shape index (κ1) is 37.2. The van der Waals surface area contributed by atoms with E-state index in [1.165, 1.54) is 96.0 Å². The van der Waals surface area contributed by atoms with Crippen molar-refractivity contribution >= 4 is 80.1 Å². The maximum Gasteiger partial charge on any atom is 0.0462 e. The molecule has 0 aliphatic heterocycles. The molecule has 0 saturated carbocycles. The van der Waals surface area contributed by atoms with Gasteiger partial charge in [-0.05, 0) is 141 Å². The van der Waals surface area contributed by atoms with Gasteiger partial charge in [0.2, 0.25) is 0 Å². The van der Waals surface area contributed by atoms with Crippen LogP contribution in [0, 0.1) is 0 Å². The lowest BCUT2D eigenvalue weighted by atomic mass is 9.93. The number of anilines is 3. The molecule has 0 aliphatic carbocycles. The highest BCUT2D eigenvalue weighted by atomic mass is 32.1. The second kappa shape index (κ2) is 15.7. The average Bonchev–Trinajstić information content (AvgIpc) is 3.93. The molecule has 63 heavy (non-hydrogen) atoms. The molecule has 0 atom stereocenters. The molecule has 2 aromatic heterocycles. The fourth-order valence-electron chi connectivity index (χ4n) is 9.06. The number of benzene rings is 10. The Labute approximate surface area is 375 Å². The molecule has 296 valence electrons. The van der Waals surface area contributed by atoms with Gasteiger partial charge in [0.15, 0.2) is 0 Å². The van der Waals surface area contributed by atoms with E-state index < -0.39 is 0 Å². The second-order valence-corrected chi connectivity index (χ2v) is 18.3. The number of nitrogens with zero attached hydrogens (tertiary/aromatic N) is 1. The molecule has 0 saturated heterocycles. The van der Waals surface area contributed by atoms with Crippen molar-refractivity contribution in [2.75, 3.05) is 4.90 Å². The fraction of sp³-hybridized carbons (Fsp3) is 0. The molecule has 0 aliphatic rings. The normalized spacial score (nSPS) is 11.5. The Morgan fingerprint density at radius 1 is 0.206 bits per heavy atom. The van der Waals surface area contributed by atoms with Crippen molar-refractivity contribution in [3.05, 3.63) is 237 Å². The van der Waals surface area contributed by atoms with Crippen LogP contribution in [-0.2, 0) is 0 Å². The molecule has 0 spiro atoms. The maximum absolute atomic E-state index is 2.37. The van der Waals surface area contributed by atoms with Gasteiger partial charge in [-0.25, -0.2) is 0 Å². The van der Waals surface area contributed by atoms with Crippen molar-refractivity contribution < 1.29 is 0 Å². The third-order valence-electron chi connectivity index (χ3n) is 12.3. The van der Waals surface area contributed by atoms with Crippen molar-refractivity contribution in [3.63, 3.8) is 0 Å². The third kappa shape index (κ3) is 6.98. The molecule has 0 radical (unpaired) electrons. The van der Waals surface area contributed by atoms with E-state index in [1.807, 2.05) is 22.7 Å². The molecule has 3 heteroatoms. The molecule has 0 N–H and O–H groups in total. The summed E-state index contributed by atoms with van der Waals surface area (Å²) >= 11 is 3.72. The molecule has 0 amide bonds. The summed E-state index contributed by atoms with van der Waals surface area (Å²) in [6, 6.07) is 86.7. The third-order valence-corrected chi connectivity index (χ3v) is 14.6. The van der Waals surface area contributed by atoms with Crippen LogP contribution in [-0.4, -0.2) is 0 Å². The molecular weight excluding hydrogens is 799 g/mol. The smallest absolute Gasteiger partial charge is 0.0462 e. The van der Waals surface area contributed by atoms with E-state index in [0.29, 0.717) is 0 Å². The quantitative estimate of drug-likeness (QED) is 0.147. The fourth-order valence-corrected chi connectivity index (χ4v) is 11.3. The Morgan fingerprint density at radius 3 is 1.08 bits per heavy atom. The number of rotatable bonds is 8. The summed E-state index contributed by atoms with van der Waals surface area (Å²) in [5.74, 6) is 0. The van der Waals surface area contributed by atoms with Crippen LogP contribution in [0.25, 0.3) is 96.0 Å². The van der Waals surface area contributed by atoms with Gasteiger partial charge in [-0.1, -0.05) is 152 Å². The van der Waals surface area contributed by atoms with Gasteiger partial charge in [0, 0.05) is 57.4 Å². The van der Waals surface area contributed by atoms with Crippen molar-refractivity contribution in [1.29, 1.82) is 0 Å². The van der Waals surface area contributed by atoms with Crippen LogP contribution in [0.5, 0.6) is 0 Å². The zero-order chi connectivity index (χ0) is 41.7. The van der Waals surface area contributed by atoms with Gasteiger partial charge in [-0.2, -0.15) is 0 Å². The van der Waals surface area contributed by atoms with Gasteiger partial charge in [0.05, 0.1) is 0 Å². The van der Waals surface area contributed by atoms with Crippen LogP contribution in [0.4, 0.5) is 17.1 Å². The molecule has 12 aromatic rings. The van der Waals surface area contributed by atoms with Gasteiger partial charge in [-0.3, -0.25) is 0 Å².